The van der Waals surface area contributed by atoms with Crippen molar-refractivity contribution in [3.63, 3.8) is 0 Å². The number of ether oxygens (including phenoxy) is 4. The SMILES string of the molecule is CCC.CCOC1CC2NCC(C#N)C(NC3CCC(OCC4CNC5C=C(CC)CCCC5(C)C4)C(Cl)C3)C2CC1NC(=O)CCCN(C)C.CCOC1CC2NCC(C#N)C(NC3CCC(OCCN4CCC5CCCCC5C4)C(Cl)C3)C2CC1NC(=O)CCCN(C)C. The van der Waals surface area contributed by atoms with Crippen molar-refractivity contribution >= 4 is 35.0 Å². The van der Waals surface area contributed by atoms with Gasteiger partial charge in [-0.25, -0.2) is 0 Å². The van der Waals surface area contributed by atoms with Crippen LogP contribution >= 0.6 is 23.2 Å². The van der Waals surface area contributed by atoms with Gasteiger partial charge in [0, 0.05) is 101 Å². The highest BCUT2D eigenvalue weighted by Crippen LogP contribution is 2.44. The molecule has 0 aromatic rings. The normalized spacial score (nSPS) is 38.6. The number of nitriles is 2. The van der Waals surface area contributed by atoms with Gasteiger partial charge in [-0.15, -0.1) is 23.2 Å². The molecule has 7 N–H and O–H groups in total. The number of amides is 2. The van der Waals surface area contributed by atoms with E-state index in [2.05, 4.69) is 97.8 Å². The molecule has 4 saturated heterocycles. The number of hydrogen-bond donors (Lipinski definition) is 7. The minimum absolute atomic E-state index is 0.0188. The van der Waals surface area contributed by atoms with E-state index in [0.717, 1.165) is 135 Å². The Labute approximate surface area is 592 Å². The maximum Gasteiger partial charge on any atom is 0.220 e. The number of hydrogen-bond acceptors (Lipinski definition) is 16. The first-order valence-corrected chi connectivity index (χ1v) is 39.8. The Kier molecular flexibility index (Phi) is 33.6. The molecular formula is C76H134Cl2N12O6. The summed E-state index contributed by atoms with van der Waals surface area (Å²) in [5.41, 5.74) is 1.91. The molecule has 4 heterocycles. The smallest absolute Gasteiger partial charge is 0.220 e. The Balaban J connectivity index is 0.000000236. The Hall–Kier alpha value is -2.24. The van der Waals surface area contributed by atoms with Gasteiger partial charge in [-0.1, -0.05) is 65.0 Å². The predicted octanol–water partition coefficient (Wildman–Crippen LogP) is 9.92. The lowest BCUT2D eigenvalue weighted by molar-refractivity contribution is -0.125. The number of halogens is 2. The first-order valence-electron chi connectivity index (χ1n) is 38.9. The van der Waals surface area contributed by atoms with Crippen LogP contribution in [0.2, 0.25) is 0 Å². The van der Waals surface area contributed by atoms with Gasteiger partial charge in [0.2, 0.25) is 11.8 Å². The fourth-order valence-electron chi connectivity index (χ4n) is 18.8. The zero-order valence-electron chi connectivity index (χ0n) is 61.4. The third-order valence-corrected chi connectivity index (χ3v) is 24.8. The molecule has 0 aromatic heterocycles. The zero-order valence-corrected chi connectivity index (χ0v) is 62.9. The van der Waals surface area contributed by atoms with E-state index in [0.29, 0.717) is 56.5 Å². The summed E-state index contributed by atoms with van der Waals surface area (Å²) in [6.45, 7) is 23.4. The number of piperidine rings is 4. The minimum Gasteiger partial charge on any atom is -0.376 e. The first-order chi connectivity index (χ1) is 46.4. The summed E-state index contributed by atoms with van der Waals surface area (Å²) < 4.78 is 25.3. The van der Waals surface area contributed by atoms with E-state index in [1.165, 1.54) is 77.3 Å². The molecule has 0 bridgehead atoms. The Bertz CT molecular complexity index is 2420. The topological polar surface area (TPSA) is 213 Å². The van der Waals surface area contributed by atoms with Crippen molar-refractivity contribution in [1.82, 2.24) is 51.9 Å². The number of fused-ring (bicyclic) bond motifs is 4. The summed E-state index contributed by atoms with van der Waals surface area (Å²) in [5.74, 6) is 2.77. The molecule has 23 atom stereocenters. The third-order valence-electron chi connectivity index (χ3n) is 23.9. The van der Waals surface area contributed by atoms with Gasteiger partial charge in [-0.2, -0.15) is 10.5 Å². The molecular weight excluding hydrogens is 1250 g/mol. The zero-order chi connectivity index (χ0) is 68.7. The lowest BCUT2D eigenvalue weighted by Crippen LogP contribution is -2.66. The highest BCUT2D eigenvalue weighted by molar-refractivity contribution is 6.21. The second-order valence-electron chi connectivity index (χ2n) is 31.9. The first kappa shape index (κ1) is 79.5. The number of alkyl halides is 2. The highest BCUT2D eigenvalue weighted by Gasteiger charge is 2.50. The average Bonchev–Trinajstić information content (AvgIpc) is 1.65. The molecule has 6 aliphatic carbocycles. The van der Waals surface area contributed by atoms with Crippen LogP contribution in [0.1, 0.15) is 202 Å². The van der Waals surface area contributed by atoms with E-state index < -0.39 is 0 Å². The van der Waals surface area contributed by atoms with Crippen LogP contribution in [0.15, 0.2) is 11.6 Å². The molecule has 548 valence electrons. The summed E-state index contributed by atoms with van der Waals surface area (Å²) in [5, 5.41) is 46.1. The Morgan fingerprint density at radius 1 is 0.656 bits per heavy atom. The van der Waals surface area contributed by atoms with Gasteiger partial charge in [-0.05, 0) is 219 Å². The van der Waals surface area contributed by atoms with Crippen LogP contribution in [-0.4, -0.2) is 223 Å². The van der Waals surface area contributed by atoms with Crippen LogP contribution in [0.25, 0.3) is 0 Å². The maximum atomic E-state index is 13.0. The number of carbonyl (C=O) groups excluding carboxylic acids is 2. The standard InChI is InChI=1S/C38H65ClN6O3.C35H61ClN6O3.C3H8/c1-6-25-10-8-14-38(3)20-26(22-42-35(38)16-25)24-48-33-13-12-28(17-30(33)39)43-37-27(21-40)23-41-31-19-34(47-7-2)32(18-29(31)37)44-36(46)11-9-15-45(4)5;1-4-44-33-20-30-28(19-31(33)40-34(43)10-7-14-41(2)3)35(26(21-37)22-38-30)39-27-11-12-32(29(36)18-27)45-17-16-42-15-13-24-8-5-6-9-25(24)23-42;1-3-2/h16,26-35,37,41-43H,6-15,17-20,22-24H2,1-5H3,(H,44,46);24-33,35,38-39H,4-20,22-23H2,1-3H3,(H,40,43);3H2,1-2H3. The van der Waals surface area contributed by atoms with E-state index in [1.54, 1.807) is 5.57 Å². The Morgan fingerprint density at radius 2 is 1.19 bits per heavy atom. The summed E-state index contributed by atoms with van der Waals surface area (Å²) in [6.07, 6.45) is 28.7. The van der Waals surface area contributed by atoms with Gasteiger partial charge >= 0.3 is 0 Å². The fourth-order valence-corrected chi connectivity index (χ4v) is 19.6. The van der Waals surface area contributed by atoms with E-state index in [9.17, 15) is 20.1 Å². The monoisotopic (exact) mass is 1380 g/mol. The van der Waals surface area contributed by atoms with Crippen molar-refractivity contribution < 1.29 is 28.5 Å². The molecule has 20 heteroatoms. The van der Waals surface area contributed by atoms with Crippen molar-refractivity contribution in [1.29, 1.82) is 10.5 Å². The largest absolute Gasteiger partial charge is 0.376 e. The van der Waals surface area contributed by atoms with Crippen molar-refractivity contribution in [2.24, 2.45) is 46.8 Å². The molecule has 9 fully saturated rings. The Morgan fingerprint density at radius 3 is 1.69 bits per heavy atom. The van der Waals surface area contributed by atoms with Crippen LogP contribution in [0.3, 0.4) is 0 Å². The van der Waals surface area contributed by atoms with Crippen molar-refractivity contribution in [3.05, 3.63) is 11.6 Å². The van der Waals surface area contributed by atoms with Gasteiger partial charge in [0.25, 0.3) is 0 Å². The summed E-state index contributed by atoms with van der Waals surface area (Å²) in [6, 6.07) is 6.71. The number of nitrogens with one attached hydrogen (secondary N) is 7. The number of nitrogens with zero attached hydrogens (tertiary/aromatic N) is 5. The lowest BCUT2D eigenvalue weighted by Gasteiger charge is -2.50. The second-order valence-corrected chi connectivity index (χ2v) is 33.0. The van der Waals surface area contributed by atoms with Gasteiger partial charge < -0.3 is 70.9 Å². The summed E-state index contributed by atoms with van der Waals surface area (Å²) in [4.78, 5) is 32.7. The second kappa shape index (κ2) is 40.6. The van der Waals surface area contributed by atoms with Crippen LogP contribution in [0.5, 0.6) is 0 Å². The van der Waals surface area contributed by atoms with Crippen LogP contribution < -0.4 is 37.2 Å². The van der Waals surface area contributed by atoms with Gasteiger partial charge in [0.05, 0.1) is 84.4 Å². The maximum absolute atomic E-state index is 13.0. The molecule has 10 rings (SSSR count). The molecule has 96 heavy (non-hydrogen) atoms. The predicted molar refractivity (Wildman–Crippen MR) is 388 cm³/mol. The van der Waals surface area contributed by atoms with Crippen molar-refractivity contribution in [2.75, 3.05) is 107 Å². The van der Waals surface area contributed by atoms with Gasteiger partial charge in [0.15, 0.2) is 0 Å². The fraction of sp³-hybridized carbons (Fsp3) is 0.921. The van der Waals surface area contributed by atoms with Crippen LogP contribution in [0, 0.1) is 69.5 Å². The minimum atomic E-state index is -0.134. The average molecular weight is 1380 g/mol. The van der Waals surface area contributed by atoms with Gasteiger partial charge in [0.1, 0.15) is 0 Å². The molecule has 2 amide bonds. The summed E-state index contributed by atoms with van der Waals surface area (Å²) >= 11 is 14.1. The van der Waals surface area contributed by atoms with Gasteiger partial charge in [-0.3, -0.25) is 9.59 Å². The number of carbonyl (C=O) groups is 2. The molecule has 0 aromatic carbocycles. The lowest BCUT2D eigenvalue weighted by atomic mass is 9.69. The van der Waals surface area contributed by atoms with Crippen molar-refractivity contribution in [2.45, 2.75) is 292 Å². The van der Waals surface area contributed by atoms with E-state index in [-0.39, 0.29) is 119 Å². The molecule has 10 aliphatic rings. The van der Waals surface area contributed by atoms with E-state index in [1.807, 2.05) is 42.0 Å². The van der Waals surface area contributed by atoms with Crippen molar-refractivity contribution in [3.8, 4) is 12.1 Å². The molecule has 5 saturated carbocycles. The molecule has 0 radical (unpaired) electrons. The third kappa shape index (κ3) is 23.4. The number of allylic oxidation sites excluding steroid dienone is 1. The molecule has 0 spiro atoms. The molecule has 23 unspecified atom stereocenters. The highest BCUT2D eigenvalue weighted by atomic mass is 35.5. The number of rotatable bonds is 26. The summed E-state index contributed by atoms with van der Waals surface area (Å²) in [7, 11) is 8.13. The number of likely N-dealkylation sites (tertiary alicyclic amines) is 1. The van der Waals surface area contributed by atoms with Crippen LogP contribution in [-0.2, 0) is 28.5 Å². The quantitative estimate of drug-likeness (QED) is 0.0317. The van der Waals surface area contributed by atoms with Crippen LogP contribution in [0.4, 0.5) is 0 Å². The van der Waals surface area contributed by atoms with E-state index >= 15 is 0 Å². The van der Waals surface area contributed by atoms with E-state index in [4.69, 9.17) is 42.1 Å². The molecule has 4 aliphatic heterocycles. The molecule has 18 nitrogen and oxygen atoms in total.